The van der Waals surface area contributed by atoms with Crippen LogP contribution in [0.1, 0.15) is 32.1 Å². The molecule has 3 heteroatoms. The minimum Gasteiger partial charge on any atom is -0.389 e. The third-order valence-corrected chi connectivity index (χ3v) is 2.39. The highest BCUT2D eigenvalue weighted by Gasteiger charge is 2.28. The van der Waals surface area contributed by atoms with Gasteiger partial charge in [-0.25, -0.2) is 4.79 Å². The van der Waals surface area contributed by atoms with Crippen LogP contribution in [-0.2, 0) is 14.3 Å². The molecule has 0 amide bonds. The van der Waals surface area contributed by atoms with Crippen molar-refractivity contribution in [2.75, 3.05) is 0 Å². The maximum absolute atomic E-state index is 11.1. The number of hydrogen-bond donors (Lipinski definition) is 0. The number of hydrogen-bond acceptors (Lipinski definition) is 3. The van der Waals surface area contributed by atoms with Crippen molar-refractivity contribution in [3.63, 3.8) is 0 Å². The highest BCUT2D eigenvalue weighted by Crippen LogP contribution is 2.30. The van der Waals surface area contributed by atoms with Gasteiger partial charge >= 0.3 is 11.9 Å². The molecular formula is C9H10O3. The van der Waals surface area contributed by atoms with Gasteiger partial charge in [0, 0.05) is 5.57 Å². The molecule has 0 N–H and O–H groups in total. The van der Waals surface area contributed by atoms with Crippen LogP contribution in [0.5, 0.6) is 0 Å². The van der Waals surface area contributed by atoms with E-state index < -0.39 is 5.97 Å². The van der Waals surface area contributed by atoms with E-state index in [1.54, 1.807) is 0 Å². The van der Waals surface area contributed by atoms with Gasteiger partial charge in [-0.05, 0) is 31.3 Å². The third-order valence-electron chi connectivity index (χ3n) is 2.39. The van der Waals surface area contributed by atoms with Crippen LogP contribution in [-0.4, -0.2) is 11.9 Å². The van der Waals surface area contributed by atoms with Crippen molar-refractivity contribution in [2.24, 2.45) is 0 Å². The zero-order valence-electron chi connectivity index (χ0n) is 6.76. The monoisotopic (exact) mass is 166 g/mol. The topological polar surface area (TPSA) is 43.4 Å². The van der Waals surface area contributed by atoms with Crippen LogP contribution in [0, 0.1) is 0 Å². The minimum absolute atomic E-state index is 0.334. The lowest BCUT2D eigenvalue weighted by Crippen LogP contribution is -2.24. The predicted octanol–water partition coefficient (Wildman–Crippen LogP) is 1.33. The molecule has 64 valence electrons. The van der Waals surface area contributed by atoms with Gasteiger partial charge in [-0.3, -0.25) is 4.79 Å². The number of carbonyl (C=O) groups excluding carboxylic acids is 2. The molecule has 2 rings (SSSR count). The Bertz CT molecular complexity index is 275. The molecule has 0 unspecified atom stereocenters. The van der Waals surface area contributed by atoms with Crippen LogP contribution in [0.15, 0.2) is 11.1 Å². The number of cyclic esters (lactones) is 2. The van der Waals surface area contributed by atoms with Crippen molar-refractivity contribution in [1.82, 2.24) is 0 Å². The number of rotatable bonds is 0. The zero-order valence-corrected chi connectivity index (χ0v) is 6.76. The molecular weight excluding hydrogens is 156 g/mol. The van der Waals surface area contributed by atoms with Gasteiger partial charge in [0.05, 0.1) is 6.42 Å². The second-order valence-electron chi connectivity index (χ2n) is 3.23. The number of ether oxygens (including phenoxy) is 1. The SMILES string of the molecule is O=C1CC2=C(CCCC2)C(=O)O1. The summed E-state index contributed by atoms with van der Waals surface area (Å²) in [5.41, 5.74) is 1.78. The summed E-state index contributed by atoms with van der Waals surface area (Å²) in [6, 6.07) is 0. The first-order chi connectivity index (χ1) is 5.77. The van der Waals surface area contributed by atoms with Gasteiger partial charge in [-0.15, -0.1) is 0 Å². The second kappa shape index (κ2) is 2.73. The van der Waals surface area contributed by atoms with E-state index in [-0.39, 0.29) is 5.97 Å². The Hall–Kier alpha value is -1.12. The summed E-state index contributed by atoms with van der Waals surface area (Å²) in [6.07, 6.45) is 4.17. The standard InChI is InChI=1S/C9H10O3/c10-8-5-6-3-1-2-4-7(6)9(11)12-8/h1-5H2. The molecule has 2 aliphatic rings. The van der Waals surface area contributed by atoms with Crippen LogP contribution >= 0.6 is 0 Å². The van der Waals surface area contributed by atoms with Gasteiger partial charge in [-0.1, -0.05) is 0 Å². The van der Waals surface area contributed by atoms with Crippen molar-refractivity contribution in [3.8, 4) is 0 Å². The van der Waals surface area contributed by atoms with Gasteiger partial charge in [0.25, 0.3) is 0 Å². The van der Waals surface area contributed by atoms with Gasteiger partial charge in [0.2, 0.25) is 0 Å². The molecule has 0 aromatic rings. The smallest absolute Gasteiger partial charge is 0.341 e. The van der Waals surface area contributed by atoms with Gasteiger partial charge in [0.15, 0.2) is 0 Å². The van der Waals surface area contributed by atoms with E-state index in [1.165, 1.54) is 0 Å². The summed E-state index contributed by atoms with van der Waals surface area (Å²) in [5, 5.41) is 0. The van der Waals surface area contributed by atoms with E-state index in [4.69, 9.17) is 0 Å². The van der Waals surface area contributed by atoms with E-state index in [2.05, 4.69) is 4.74 Å². The normalized spacial score (nSPS) is 23.7. The first-order valence-corrected chi connectivity index (χ1v) is 4.23. The molecule has 3 nitrogen and oxygen atoms in total. The molecule has 1 heterocycles. The summed E-state index contributed by atoms with van der Waals surface area (Å²) < 4.78 is 4.52. The molecule has 12 heavy (non-hydrogen) atoms. The first-order valence-electron chi connectivity index (χ1n) is 4.23. The largest absolute Gasteiger partial charge is 0.389 e. The lowest BCUT2D eigenvalue weighted by Gasteiger charge is -2.21. The maximum Gasteiger partial charge on any atom is 0.341 e. The number of carbonyl (C=O) groups is 2. The highest BCUT2D eigenvalue weighted by atomic mass is 16.6. The molecule has 1 aliphatic carbocycles. The van der Waals surface area contributed by atoms with Gasteiger partial charge in [0.1, 0.15) is 0 Å². The Morgan fingerprint density at radius 2 is 1.83 bits per heavy atom. The summed E-state index contributed by atoms with van der Waals surface area (Å²) >= 11 is 0. The fraction of sp³-hybridized carbons (Fsp3) is 0.556. The molecule has 0 saturated heterocycles. The van der Waals surface area contributed by atoms with Crippen LogP contribution in [0.25, 0.3) is 0 Å². The molecule has 0 bridgehead atoms. The van der Waals surface area contributed by atoms with Gasteiger partial charge < -0.3 is 4.74 Å². The molecule has 0 atom stereocenters. The van der Waals surface area contributed by atoms with E-state index in [0.717, 1.165) is 36.8 Å². The fourth-order valence-corrected chi connectivity index (χ4v) is 1.78. The fourth-order valence-electron chi connectivity index (χ4n) is 1.78. The van der Waals surface area contributed by atoms with Crippen molar-refractivity contribution in [3.05, 3.63) is 11.1 Å². The Labute approximate surface area is 70.4 Å². The lowest BCUT2D eigenvalue weighted by molar-refractivity contribution is -0.158. The predicted molar refractivity (Wildman–Crippen MR) is 41.2 cm³/mol. The van der Waals surface area contributed by atoms with Crippen molar-refractivity contribution in [2.45, 2.75) is 32.1 Å². The lowest BCUT2D eigenvalue weighted by atomic mass is 9.89. The van der Waals surface area contributed by atoms with Gasteiger partial charge in [-0.2, -0.15) is 0 Å². The molecule has 0 spiro atoms. The van der Waals surface area contributed by atoms with Crippen molar-refractivity contribution < 1.29 is 14.3 Å². The van der Waals surface area contributed by atoms with E-state index in [9.17, 15) is 9.59 Å². The van der Waals surface area contributed by atoms with E-state index >= 15 is 0 Å². The summed E-state index contributed by atoms with van der Waals surface area (Å²) in [7, 11) is 0. The van der Waals surface area contributed by atoms with E-state index in [1.807, 2.05) is 0 Å². The molecule has 0 aromatic heterocycles. The number of esters is 2. The Morgan fingerprint density at radius 3 is 2.67 bits per heavy atom. The Morgan fingerprint density at radius 1 is 1.08 bits per heavy atom. The van der Waals surface area contributed by atoms with E-state index in [0.29, 0.717) is 6.42 Å². The van der Waals surface area contributed by atoms with Crippen molar-refractivity contribution in [1.29, 1.82) is 0 Å². The molecule has 0 fully saturated rings. The first kappa shape index (κ1) is 7.53. The average Bonchev–Trinajstić information content (AvgIpc) is 2.04. The molecule has 0 aromatic carbocycles. The third kappa shape index (κ3) is 1.15. The average molecular weight is 166 g/mol. The highest BCUT2D eigenvalue weighted by molar-refractivity contribution is 6.01. The van der Waals surface area contributed by atoms with Crippen LogP contribution in [0.3, 0.4) is 0 Å². The van der Waals surface area contributed by atoms with Crippen molar-refractivity contribution >= 4 is 11.9 Å². The Balaban J connectivity index is 2.32. The molecule has 0 radical (unpaired) electrons. The minimum atomic E-state index is -0.402. The zero-order chi connectivity index (χ0) is 8.55. The summed E-state index contributed by atoms with van der Waals surface area (Å²) in [5.74, 6) is -0.790. The maximum atomic E-state index is 11.1. The van der Waals surface area contributed by atoms with Crippen LogP contribution in [0.4, 0.5) is 0 Å². The second-order valence-corrected chi connectivity index (χ2v) is 3.23. The molecule has 1 aliphatic heterocycles. The van der Waals surface area contributed by atoms with Crippen LogP contribution < -0.4 is 0 Å². The molecule has 0 saturated carbocycles. The summed E-state index contributed by atoms with van der Waals surface area (Å²) in [6.45, 7) is 0. The summed E-state index contributed by atoms with van der Waals surface area (Å²) in [4.78, 5) is 22.0. The quantitative estimate of drug-likeness (QED) is 0.402. The Kier molecular flexibility index (Phi) is 1.71. The van der Waals surface area contributed by atoms with Crippen LogP contribution in [0.2, 0.25) is 0 Å².